The largest absolute Gasteiger partial charge is 0.219 e. The molecule has 2 aromatic heterocycles. The van der Waals surface area contributed by atoms with Gasteiger partial charge in [-0.05, 0) is 63.4 Å². The maximum atomic E-state index is 9.77. The summed E-state index contributed by atoms with van der Waals surface area (Å²) in [6.07, 6.45) is 14.5. The predicted octanol–water partition coefficient (Wildman–Crippen LogP) is 11.4. The Morgan fingerprint density at radius 3 is 2.43 bits per heavy atom. The summed E-state index contributed by atoms with van der Waals surface area (Å²) in [6, 6.07) is 10.5. The molecule has 0 aromatic carbocycles. The summed E-state index contributed by atoms with van der Waals surface area (Å²) < 4.78 is 5.66. The highest BCUT2D eigenvalue weighted by Gasteiger charge is 2.29. The van der Waals surface area contributed by atoms with Gasteiger partial charge >= 0.3 is 0 Å². The first-order chi connectivity index (χ1) is 20.2. The van der Waals surface area contributed by atoms with Crippen LogP contribution >= 0.6 is 82.2 Å². The molecule has 212 valence electrons. The SMILES string of the molecule is C=C/C=C(/Cl)SC/C=C(\C#N)c1ccc(C2=CC=C(c3ccc(/C(C#CC)=C/C4(C)CC=C(Cl)S4)s3)C(=C)/C2=N\S)s1. The van der Waals surface area contributed by atoms with Crippen molar-refractivity contribution in [2.75, 3.05) is 5.75 Å². The summed E-state index contributed by atoms with van der Waals surface area (Å²) in [5.74, 6) is 6.94. The molecule has 1 atom stereocenters. The van der Waals surface area contributed by atoms with Crippen molar-refractivity contribution in [1.29, 1.82) is 5.26 Å². The molecule has 0 N–H and O–H groups in total. The van der Waals surface area contributed by atoms with Crippen molar-refractivity contribution in [3.05, 3.63) is 114 Å². The van der Waals surface area contributed by atoms with Crippen LogP contribution in [-0.2, 0) is 0 Å². The highest BCUT2D eigenvalue weighted by molar-refractivity contribution is 8.06. The Balaban J connectivity index is 1.61. The minimum absolute atomic E-state index is 0.119. The summed E-state index contributed by atoms with van der Waals surface area (Å²) >= 11 is 23.0. The molecular weight excluding hydrogens is 656 g/mol. The number of hydrogen-bond acceptors (Lipinski definition) is 7. The molecule has 2 nitrogen and oxygen atoms in total. The maximum Gasteiger partial charge on any atom is 0.100 e. The smallest absolute Gasteiger partial charge is 0.100 e. The highest BCUT2D eigenvalue weighted by Crippen LogP contribution is 2.47. The molecule has 1 aliphatic heterocycles. The molecule has 2 aliphatic rings. The average Bonchev–Trinajstić information content (AvgIpc) is 3.71. The van der Waals surface area contributed by atoms with Crippen molar-refractivity contribution in [1.82, 2.24) is 0 Å². The van der Waals surface area contributed by atoms with Crippen LogP contribution in [0.2, 0.25) is 0 Å². The lowest BCUT2D eigenvalue weighted by Gasteiger charge is -2.19. The first-order valence-electron chi connectivity index (χ1n) is 12.7. The van der Waals surface area contributed by atoms with E-state index in [1.807, 2.05) is 31.2 Å². The fourth-order valence-corrected chi connectivity index (χ4v) is 8.99. The zero-order valence-electron chi connectivity index (χ0n) is 22.9. The Bertz CT molecular complexity index is 1740. The normalized spacial score (nSPS) is 20.5. The number of nitrogens with zero attached hydrogens (tertiary/aromatic N) is 2. The molecule has 2 aromatic rings. The first kappa shape index (κ1) is 32.6. The summed E-state index contributed by atoms with van der Waals surface area (Å²) in [4.78, 5) is 4.03. The number of thioether (sulfide) groups is 2. The van der Waals surface area contributed by atoms with E-state index in [1.165, 1.54) is 23.1 Å². The predicted molar refractivity (Wildman–Crippen MR) is 196 cm³/mol. The van der Waals surface area contributed by atoms with Crippen LogP contribution in [0.15, 0.2) is 98.7 Å². The first-order valence-corrected chi connectivity index (χ1v) is 17.3. The van der Waals surface area contributed by atoms with E-state index < -0.39 is 0 Å². The molecular formula is C33H26Cl2N2S5. The van der Waals surface area contributed by atoms with Gasteiger partial charge in [-0.1, -0.05) is 78.7 Å². The molecule has 0 saturated carbocycles. The van der Waals surface area contributed by atoms with E-state index in [9.17, 15) is 5.26 Å². The van der Waals surface area contributed by atoms with Gasteiger partial charge in [0.2, 0.25) is 0 Å². The van der Waals surface area contributed by atoms with Crippen LogP contribution in [0.3, 0.4) is 0 Å². The van der Waals surface area contributed by atoms with E-state index >= 15 is 0 Å². The molecule has 0 radical (unpaired) electrons. The van der Waals surface area contributed by atoms with Gasteiger partial charge in [0.25, 0.3) is 0 Å². The molecule has 0 saturated heterocycles. The van der Waals surface area contributed by atoms with Crippen LogP contribution in [0.1, 0.15) is 39.8 Å². The number of allylic oxidation sites excluding steroid dienone is 10. The Hall–Kier alpha value is -2.33. The molecule has 9 heteroatoms. The molecule has 1 aliphatic carbocycles. The second-order valence-corrected chi connectivity index (χ2v) is 15.5. The van der Waals surface area contributed by atoms with Crippen molar-refractivity contribution in [3.8, 4) is 17.9 Å². The third kappa shape index (κ3) is 7.78. The van der Waals surface area contributed by atoms with Crippen molar-refractivity contribution >= 4 is 110 Å². The Kier molecular flexibility index (Phi) is 11.6. The van der Waals surface area contributed by atoms with Gasteiger partial charge in [0.05, 0.1) is 20.0 Å². The van der Waals surface area contributed by atoms with Crippen LogP contribution in [0.25, 0.3) is 22.3 Å². The van der Waals surface area contributed by atoms with Crippen LogP contribution in [0, 0.1) is 23.2 Å². The van der Waals surface area contributed by atoms with E-state index in [1.54, 1.807) is 35.3 Å². The van der Waals surface area contributed by atoms with Gasteiger partial charge < -0.3 is 0 Å². The minimum atomic E-state index is -0.119. The van der Waals surface area contributed by atoms with E-state index in [0.717, 1.165) is 52.6 Å². The van der Waals surface area contributed by atoms with Gasteiger partial charge in [0.15, 0.2) is 0 Å². The Morgan fingerprint density at radius 2 is 1.83 bits per heavy atom. The van der Waals surface area contributed by atoms with Crippen LogP contribution in [0.4, 0.5) is 0 Å². The number of thiol groups is 1. The highest BCUT2D eigenvalue weighted by atomic mass is 35.5. The lowest BCUT2D eigenvalue weighted by atomic mass is 9.90. The molecule has 1 unspecified atom stereocenters. The molecule has 42 heavy (non-hydrogen) atoms. The molecule has 0 spiro atoms. The van der Waals surface area contributed by atoms with E-state index in [-0.39, 0.29) is 4.75 Å². The van der Waals surface area contributed by atoms with Crippen LogP contribution in [0.5, 0.6) is 0 Å². The van der Waals surface area contributed by atoms with Crippen molar-refractivity contribution in [2.45, 2.75) is 25.0 Å². The van der Waals surface area contributed by atoms with Crippen LogP contribution < -0.4 is 0 Å². The lowest BCUT2D eigenvalue weighted by molar-refractivity contribution is 0.824. The number of hydrogen-bond donors (Lipinski definition) is 1. The standard InChI is InChI=1S/C33H26Cl2N2S5/c1-5-7-22(19-33(4)17-15-31(35)42-33)26-11-13-28(40-26)24-9-10-25(32(37-38)21(24)3)29-14-12-27(41-29)23(20-36)16-18-39-30(34)8-6-2/h6,8-16,19,38H,2-3,17-18H2,1,4H3/b22-19+,23-16+,30-8-,37-32+. The fraction of sp³-hybridized carbons (Fsp3) is 0.152. The second kappa shape index (κ2) is 14.9. The van der Waals surface area contributed by atoms with Gasteiger partial charge in [-0.25, -0.2) is 4.40 Å². The monoisotopic (exact) mass is 680 g/mol. The van der Waals surface area contributed by atoms with Gasteiger partial charge in [-0.15, -0.1) is 52.1 Å². The summed E-state index contributed by atoms with van der Waals surface area (Å²) in [7, 11) is 0. The quantitative estimate of drug-likeness (QED) is 0.124. The molecule has 0 fully saturated rings. The van der Waals surface area contributed by atoms with Crippen molar-refractivity contribution in [2.24, 2.45) is 4.40 Å². The van der Waals surface area contributed by atoms with E-state index in [4.69, 9.17) is 23.2 Å². The van der Waals surface area contributed by atoms with E-state index in [0.29, 0.717) is 21.4 Å². The average molecular weight is 682 g/mol. The Labute approximate surface area is 280 Å². The van der Waals surface area contributed by atoms with Crippen molar-refractivity contribution < 1.29 is 0 Å². The third-order valence-corrected chi connectivity index (χ3v) is 11.4. The topological polar surface area (TPSA) is 36.1 Å². The van der Waals surface area contributed by atoms with Crippen LogP contribution in [-0.4, -0.2) is 16.2 Å². The molecule has 0 bridgehead atoms. The summed E-state index contributed by atoms with van der Waals surface area (Å²) in [5, 5.41) is 9.77. The molecule has 0 amide bonds. The lowest BCUT2D eigenvalue weighted by Crippen LogP contribution is -2.12. The number of halogens is 2. The molecule has 4 rings (SSSR count). The van der Waals surface area contributed by atoms with Crippen molar-refractivity contribution in [3.63, 3.8) is 0 Å². The number of rotatable bonds is 9. The van der Waals surface area contributed by atoms with Gasteiger partial charge in [-0.3, -0.25) is 0 Å². The Morgan fingerprint density at radius 1 is 1.17 bits per heavy atom. The summed E-state index contributed by atoms with van der Waals surface area (Å²) in [5.41, 5.74) is 5.01. The van der Waals surface area contributed by atoms with Gasteiger partial charge in [0, 0.05) is 52.3 Å². The van der Waals surface area contributed by atoms with Gasteiger partial charge in [-0.2, -0.15) is 5.26 Å². The fourth-order valence-electron chi connectivity index (χ4n) is 4.27. The molecule has 3 heterocycles. The van der Waals surface area contributed by atoms with E-state index in [2.05, 4.69) is 85.6 Å². The maximum absolute atomic E-state index is 9.77. The summed E-state index contributed by atoms with van der Waals surface area (Å²) in [6.45, 7) is 12.1. The van der Waals surface area contributed by atoms with Gasteiger partial charge in [0.1, 0.15) is 6.07 Å². The number of nitriles is 1. The zero-order chi connectivity index (χ0) is 30.3. The zero-order valence-corrected chi connectivity index (χ0v) is 28.6. The third-order valence-electron chi connectivity index (χ3n) is 6.24. The minimum Gasteiger partial charge on any atom is -0.219 e. The number of thiophene rings is 2. The second-order valence-electron chi connectivity index (χ2n) is 9.22.